The lowest BCUT2D eigenvalue weighted by Gasteiger charge is -2.09. The van der Waals surface area contributed by atoms with E-state index in [0.717, 1.165) is 22.4 Å². The Morgan fingerprint density at radius 1 is 1.10 bits per heavy atom. The van der Waals surface area contributed by atoms with Crippen LogP contribution >= 0.6 is 11.8 Å². The number of fused-ring (bicyclic) bond motifs is 1. The fourth-order valence-corrected chi connectivity index (χ4v) is 3.47. The summed E-state index contributed by atoms with van der Waals surface area (Å²) in [6, 6.07) is 15.6. The number of rotatable bonds is 2. The molecule has 0 saturated heterocycles. The maximum absolute atomic E-state index is 12.5. The van der Waals surface area contributed by atoms with Gasteiger partial charge in [0.15, 0.2) is 0 Å². The minimum atomic E-state index is 0.0361. The van der Waals surface area contributed by atoms with Crippen molar-refractivity contribution in [2.45, 2.75) is 18.2 Å². The summed E-state index contributed by atoms with van der Waals surface area (Å²) in [5, 5.41) is 0. The zero-order valence-corrected chi connectivity index (χ0v) is 12.0. The van der Waals surface area contributed by atoms with E-state index in [1.807, 2.05) is 42.5 Å². The summed E-state index contributed by atoms with van der Waals surface area (Å²) in [6.45, 7) is 2.09. The van der Waals surface area contributed by atoms with E-state index >= 15 is 0 Å². The van der Waals surface area contributed by atoms with Gasteiger partial charge in [-0.2, -0.15) is 0 Å². The van der Waals surface area contributed by atoms with Crippen LogP contribution < -0.4 is 5.73 Å². The molecule has 1 aliphatic rings. The van der Waals surface area contributed by atoms with Gasteiger partial charge in [-0.3, -0.25) is 4.79 Å². The van der Waals surface area contributed by atoms with E-state index in [-0.39, 0.29) is 5.78 Å². The molecule has 0 fully saturated rings. The van der Waals surface area contributed by atoms with E-state index in [0.29, 0.717) is 10.6 Å². The molecule has 0 unspecified atom stereocenters. The third-order valence-corrected chi connectivity index (χ3v) is 4.67. The number of ketones is 1. The number of Topliss-reactive ketones (excluding diaryl/α,β-unsaturated/α-hetero) is 1. The first-order valence-electron chi connectivity index (χ1n) is 6.62. The molecule has 0 spiro atoms. The van der Waals surface area contributed by atoms with Crippen LogP contribution in [0.1, 0.15) is 28.4 Å². The molecule has 100 valence electrons. The molecule has 1 aliphatic heterocycles. The van der Waals surface area contributed by atoms with Crippen LogP contribution in [0.2, 0.25) is 0 Å². The smallest absolute Gasteiger partial charge is 0.202 e. The molecule has 0 bridgehead atoms. The van der Waals surface area contributed by atoms with E-state index in [4.69, 9.17) is 5.73 Å². The van der Waals surface area contributed by atoms with Crippen molar-refractivity contribution in [2.24, 2.45) is 5.73 Å². The molecule has 2 aromatic rings. The third kappa shape index (κ3) is 2.04. The van der Waals surface area contributed by atoms with Crippen molar-refractivity contribution < 1.29 is 4.79 Å². The summed E-state index contributed by atoms with van der Waals surface area (Å²) in [7, 11) is 0. The first kappa shape index (κ1) is 13.0. The lowest BCUT2D eigenvalue weighted by Crippen LogP contribution is -2.06. The number of benzene rings is 2. The average Bonchev–Trinajstić information content (AvgIpc) is 2.84. The minimum absolute atomic E-state index is 0.0361. The summed E-state index contributed by atoms with van der Waals surface area (Å²) in [4.78, 5) is 14.1. The second-order valence-corrected chi connectivity index (χ2v) is 5.73. The van der Waals surface area contributed by atoms with E-state index in [1.165, 1.54) is 17.3 Å². The number of hydrogen-bond donors (Lipinski definition) is 1. The predicted molar refractivity (Wildman–Crippen MR) is 83.6 cm³/mol. The zero-order valence-electron chi connectivity index (χ0n) is 11.2. The highest BCUT2D eigenvalue weighted by Crippen LogP contribution is 2.42. The first-order valence-corrected chi connectivity index (χ1v) is 7.43. The van der Waals surface area contributed by atoms with Crippen LogP contribution in [0.3, 0.4) is 0 Å². The second kappa shape index (κ2) is 5.17. The van der Waals surface area contributed by atoms with Gasteiger partial charge in [0.05, 0.1) is 10.6 Å². The summed E-state index contributed by atoms with van der Waals surface area (Å²) in [6.07, 6.45) is 0.899. The number of nitrogens with two attached hydrogens (primary N) is 1. The summed E-state index contributed by atoms with van der Waals surface area (Å²) in [5.74, 6) is 0.0361. The van der Waals surface area contributed by atoms with Crippen LogP contribution in [-0.2, 0) is 6.42 Å². The zero-order chi connectivity index (χ0) is 14.1. The topological polar surface area (TPSA) is 43.1 Å². The molecule has 3 rings (SSSR count). The van der Waals surface area contributed by atoms with Gasteiger partial charge < -0.3 is 5.73 Å². The number of thioether (sulfide) groups is 1. The van der Waals surface area contributed by atoms with E-state index in [9.17, 15) is 4.79 Å². The molecule has 20 heavy (non-hydrogen) atoms. The lowest BCUT2D eigenvalue weighted by atomic mass is 10.0. The molecular formula is C17H15NOS. The molecule has 3 heteroatoms. The fraction of sp³-hybridized carbons (Fsp3) is 0.118. The van der Waals surface area contributed by atoms with Gasteiger partial charge in [-0.15, -0.1) is 0 Å². The van der Waals surface area contributed by atoms with Gasteiger partial charge in [-0.05, 0) is 24.1 Å². The highest BCUT2D eigenvalue weighted by molar-refractivity contribution is 8.05. The Kier molecular flexibility index (Phi) is 3.36. The molecule has 2 N–H and O–H groups in total. The highest BCUT2D eigenvalue weighted by Gasteiger charge is 2.28. The van der Waals surface area contributed by atoms with Crippen LogP contribution in [-0.4, -0.2) is 5.78 Å². The number of allylic oxidation sites excluding steroid dienone is 1. The molecular weight excluding hydrogens is 266 g/mol. The number of aryl methyl sites for hydroxylation is 1. The summed E-state index contributed by atoms with van der Waals surface area (Å²) in [5.41, 5.74) is 9.77. The maximum atomic E-state index is 12.5. The highest BCUT2D eigenvalue weighted by atomic mass is 32.2. The molecule has 0 atom stereocenters. The quantitative estimate of drug-likeness (QED) is 0.850. The largest absolute Gasteiger partial charge is 0.397 e. The number of carbonyl (C=O) groups is 1. The predicted octanol–water partition coefficient (Wildman–Crippen LogP) is 3.86. The molecule has 0 aliphatic carbocycles. The Morgan fingerprint density at radius 2 is 1.80 bits per heavy atom. The normalized spacial score (nSPS) is 16.1. The number of carbonyl (C=O) groups excluding carboxylic acids is 1. The van der Waals surface area contributed by atoms with Gasteiger partial charge in [-0.25, -0.2) is 0 Å². The van der Waals surface area contributed by atoms with Crippen LogP contribution in [0, 0.1) is 0 Å². The minimum Gasteiger partial charge on any atom is -0.397 e. The SMILES string of the molecule is CCc1ccccc1C(N)=C1Sc2ccccc2C1=O. The maximum Gasteiger partial charge on any atom is 0.202 e. The number of hydrogen-bond acceptors (Lipinski definition) is 3. The average molecular weight is 281 g/mol. The molecule has 0 aromatic heterocycles. The first-order chi connectivity index (χ1) is 9.72. The molecule has 1 heterocycles. The second-order valence-electron chi connectivity index (χ2n) is 4.68. The van der Waals surface area contributed by atoms with Gasteiger partial charge in [0.1, 0.15) is 0 Å². The summed E-state index contributed by atoms with van der Waals surface area (Å²) < 4.78 is 0. The van der Waals surface area contributed by atoms with Crippen molar-refractivity contribution in [3.05, 3.63) is 70.1 Å². The van der Waals surface area contributed by atoms with Crippen molar-refractivity contribution in [1.82, 2.24) is 0 Å². The molecule has 0 amide bonds. The van der Waals surface area contributed by atoms with Gasteiger partial charge in [0.2, 0.25) is 5.78 Å². The van der Waals surface area contributed by atoms with Crippen LogP contribution in [0.25, 0.3) is 5.70 Å². The van der Waals surface area contributed by atoms with Gasteiger partial charge in [-0.1, -0.05) is 55.1 Å². The van der Waals surface area contributed by atoms with Crippen molar-refractivity contribution in [2.75, 3.05) is 0 Å². The van der Waals surface area contributed by atoms with Crippen LogP contribution in [0.15, 0.2) is 58.3 Å². The molecule has 0 saturated carbocycles. The lowest BCUT2D eigenvalue weighted by molar-refractivity contribution is 0.104. The van der Waals surface area contributed by atoms with E-state index in [2.05, 4.69) is 13.0 Å². The Morgan fingerprint density at radius 3 is 2.55 bits per heavy atom. The summed E-state index contributed by atoms with van der Waals surface area (Å²) >= 11 is 1.47. The monoisotopic (exact) mass is 281 g/mol. The van der Waals surface area contributed by atoms with Gasteiger partial charge >= 0.3 is 0 Å². The van der Waals surface area contributed by atoms with Crippen molar-refractivity contribution >= 4 is 23.2 Å². The third-order valence-electron chi connectivity index (χ3n) is 3.48. The Balaban J connectivity index is 2.11. The van der Waals surface area contributed by atoms with Crippen molar-refractivity contribution in [3.63, 3.8) is 0 Å². The van der Waals surface area contributed by atoms with E-state index < -0.39 is 0 Å². The van der Waals surface area contributed by atoms with E-state index in [1.54, 1.807) is 0 Å². The Hall–Kier alpha value is -2.00. The molecule has 2 nitrogen and oxygen atoms in total. The standard InChI is InChI=1S/C17H15NOS/c1-2-11-7-3-4-8-12(11)15(18)17-16(19)13-9-5-6-10-14(13)20-17/h3-10H,2,18H2,1H3. The van der Waals surface area contributed by atoms with Crippen LogP contribution in [0.4, 0.5) is 0 Å². The van der Waals surface area contributed by atoms with Crippen molar-refractivity contribution in [3.8, 4) is 0 Å². The Labute approximate surface area is 122 Å². The van der Waals surface area contributed by atoms with Gasteiger partial charge in [0, 0.05) is 16.0 Å². The fourth-order valence-electron chi connectivity index (χ4n) is 2.41. The van der Waals surface area contributed by atoms with Crippen LogP contribution in [0.5, 0.6) is 0 Å². The Bertz CT molecular complexity index is 718. The van der Waals surface area contributed by atoms with Gasteiger partial charge in [0.25, 0.3) is 0 Å². The molecule has 2 aromatic carbocycles. The molecule has 0 radical (unpaired) electrons. The van der Waals surface area contributed by atoms with Crippen molar-refractivity contribution in [1.29, 1.82) is 0 Å².